The molecule has 0 N–H and O–H groups in total. The van der Waals surface area contributed by atoms with Gasteiger partial charge >= 0.3 is 17.9 Å². The van der Waals surface area contributed by atoms with Gasteiger partial charge in [-0.3, -0.25) is 14.4 Å². The number of rotatable bonds is 49. The minimum Gasteiger partial charge on any atom is -0.462 e. The normalized spacial score (nSPS) is 12.6. The zero-order valence-corrected chi connectivity index (χ0v) is 42.7. The minimum atomic E-state index is -0.796. The third-order valence-corrected chi connectivity index (χ3v) is 11.7. The number of esters is 3. The molecule has 0 aliphatic heterocycles. The van der Waals surface area contributed by atoms with E-state index in [0.29, 0.717) is 19.3 Å². The summed E-state index contributed by atoms with van der Waals surface area (Å²) in [5.41, 5.74) is 0. The number of unbranched alkanes of at least 4 members (excludes halogenated alkanes) is 26. The first-order valence-corrected chi connectivity index (χ1v) is 27.4. The van der Waals surface area contributed by atoms with Gasteiger partial charge in [0.1, 0.15) is 13.2 Å². The van der Waals surface area contributed by atoms with Gasteiger partial charge in [0.15, 0.2) is 6.10 Å². The van der Waals surface area contributed by atoms with Crippen molar-refractivity contribution in [2.75, 3.05) is 13.2 Å². The summed E-state index contributed by atoms with van der Waals surface area (Å²) >= 11 is 0. The van der Waals surface area contributed by atoms with Crippen LogP contribution in [0.5, 0.6) is 0 Å². The molecule has 0 aliphatic rings. The molecule has 0 fully saturated rings. The summed E-state index contributed by atoms with van der Waals surface area (Å²) in [6.07, 6.45) is 67.4. The molecule has 374 valence electrons. The average molecular weight is 907 g/mol. The fourth-order valence-corrected chi connectivity index (χ4v) is 7.47. The Morgan fingerprint density at radius 2 is 0.554 bits per heavy atom. The summed E-state index contributed by atoms with van der Waals surface area (Å²) in [5, 5.41) is 0. The van der Waals surface area contributed by atoms with E-state index in [4.69, 9.17) is 14.2 Å². The Balaban J connectivity index is 4.44. The van der Waals surface area contributed by atoms with Gasteiger partial charge in [-0.25, -0.2) is 0 Å². The topological polar surface area (TPSA) is 78.9 Å². The second-order valence-corrected chi connectivity index (χ2v) is 18.1. The van der Waals surface area contributed by atoms with Crippen LogP contribution in [0.15, 0.2) is 72.9 Å². The first kappa shape index (κ1) is 61.9. The Kier molecular flexibility index (Phi) is 50.9. The third kappa shape index (κ3) is 51.7. The SMILES string of the molecule is CCCCC/C=C\C/C=C\C/C=C\C/C=C\CCCCCC(=O)OC[C@@H](COC(=O)CCCCCCC/C=C\CCCCC)OC(=O)CCCCCCC/C=C\CCCCCCCCC. The monoisotopic (exact) mass is 907 g/mol. The molecule has 0 amide bonds. The zero-order valence-electron chi connectivity index (χ0n) is 42.7. The second-order valence-electron chi connectivity index (χ2n) is 18.1. The molecule has 0 aromatic carbocycles. The molecule has 0 unspecified atom stereocenters. The fourth-order valence-electron chi connectivity index (χ4n) is 7.47. The van der Waals surface area contributed by atoms with Crippen LogP contribution in [-0.4, -0.2) is 37.2 Å². The predicted molar refractivity (Wildman–Crippen MR) is 279 cm³/mol. The van der Waals surface area contributed by atoms with E-state index in [2.05, 4.69) is 93.7 Å². The van der Waals surface area contributed by atoms with Crippen molar-refractivity contribution in [2.24, 2.45) is 0 Å². The van der Waals surface area contributed by atoms with Crippen molar-refractivity contribution in [3.8, 4) is 0 Å². The zero-order chi connectivity index (χ0) is 47.2. The Hall–Kier alpha value is -3.15. The lowest BCUT2D eigenvalue weighted by molar-refractivity contribution is -0.167. The molecular formula is C59H102O6. The fraction of sp³-hybridized carbons (Fsp3) is 0.746. The lowest BCUT2D eigenvalue weighted by atomic mass is 10.1. The second kappa shape index (κ2) is 53.5. The van der Waals surface area contributed by atoms with Crippen LogP contribution in [0.4, 0.5) is 0 Å². The van der Waals surface area contributed by atoms with Crippen molar-refractivity contribution < 1.29 is 28.6 Å². The Morgan fingerprint density at radius 1 is 0.308 bits per heavy atom. The van der Waals surface area contributed by atoms with E-state index < -0.39 is 6.10 Å². The predicted octanol–water partition coefficient (Wildman–Crippen LogP) is 18.2. The van der Waals surface area contributed by atoms with E-state index >= 15 is 0 Å². The Morgan fingerprint density at radius 3 is 0.923 bits per heavy atom. The standard InChI is InChI=1S/C59H102O6/c1-4-7-10-13-16-19-22-25-27-29-30-31-33-34-37-40-43-46-49-52-58(61)64-55-56(54-63-57(60)51-48-45-42-39-36-24-21-18-15-12-9-6-3)65-59(62)53-50-47-44-41-38-35-32-28-26-23-20-17-14-11-8-5-2/h16,18-19,21,25,27-28,30-32,34,37,56H,4-15,17,20,22-24,26,29,33,35-36,38-55H2,1-3H3/b19-16-,21-18-,27-25-,31-30-,32-28-,37-34-/t56-/m1/s1. The molecule has 0 radical (unpaired) electrons. The van der Waals surface area contributed by atoms with Gasteiger partial charge in [0.05, 0.1) is 0 Å². The molecule has 0 saturated carbocycles. The quantitative estimate of drug-likeness (QED) is 0.0262. The molecule has 65 heavy (non-hydrogen) atoms. The summed E-state index contributed by atoms with van der Waals surface area (Å²) < 4.78 is 16.8. The molecular weight excluding hydrogens is 805 g/mol. The molecule has 0 rings (SSSR count). The minimum absolute atomic E-state index is 0.0933. The molecule has 0 heterocycles. The average Bonchev–Trinajstić information content (AvgIpc) is 3.30. The number of carbonyl (C=O) groups excluding carboxylic acids is 3. The number of ether oxygens (including phenoxy) is 3. The highest BCUT2D eigenvalue weighted by Crippen LogP contribution is 2.14. The van der Waals surface area contributed by atoms with Crippen LogP contribution >= 0.6 is 0 Å². The molecule has 0 aromatic heterocycles. The van der Waals surface area contributed by atoms with E-state index in [1.54, 1.807) is 0 Å². The molecule has 6 heteroatoms. The number of hydrogen-bond acceptors (Lipinski definition) is 6. The molecule has 6 nitrogen and oxygen atoms in total. The van der Waals surface area contributed by atoms with Gasteiger partial charge in [0.2, 0.25) is 0 Å². The van der Waals surface area contributed by atoms with Gasteiger partial charge in [-0.1, -0.05) is 203 Å². The van der Waals surface area contributed by atoms with Gasteiger partial charge in [0, 0.05) is 19.3 Å². The largest absolute Gasteiger partial charge is 0.462 e. The highest BCUT2D eigenvalue weighted by molar-refractivity contribution is 5.71. The maximum absolute atomic E-state index is 12.8. The molecule has 0 spiro atoms. The number of hydrogen-bond donors (Lipinski definition) is 0. The highest BCUT2D eigenvalue weighted by atomic mass is 16.6. The smallest absolute Gasteiger partial charge is 0.306 e. The maximum Gasteiger partial charge on any atom is 0.306 e. The Labute approximate surface area is 402 Å². The van der Waals surface area contributed by atoms with Crippen molar-refractivity contribution in [3.63, 3.8) is 0 Å². The van der Waals surface area contributed by atoms with Gasteiger partial charge in [-0.15, -0.1) is 0 Å². The van der Waals surface area contributed by atoms with Gasteiger partial charge in [0.25, 0.3) is 0 Å². The number of allylic oxidation sites excluding steroid dienone is 12. The van der Waals surface area contributed by atoms with Gasteiger partial charge in [-0.05, 0) is 116 Å². The molecule has 0 aromatic rings. The molecule has 0 bridgehead atoms. The van der Waals surface area contributed by atoms with Crippen LogP contribution in [0.1, 0.15) is 265 Å². The van der Waals surface area contributed by atoms with E-state index in [1.165, 1.54) is 122 Å². The van der Waals surface area contributed by atoms with Crippen LogP contribution in [0.25, 0.3) is 0 Å². The van der Waals surface area contributed by atoms with Gasteiger partial charge < -0.3 is 14.2 Å². The summed E-state index contributed by atoms with van der Waals surface area (Å²) in [6.45, 7) is 6.55. The van der Waals surface area contributed by atoms with E-state index in [0.717, 1.165) is 103 Å². The third-order valence-electron chi connectivity index (χ3n) is 11.7. The van der Waals surface area contributed by atoms with Crippen LogP contribution < -0.4 is 0 Å². The van der Waals surface area contributed by atoms with Crippen molar-refractivity contribution in [2.45, 2.75) is 271 Å². The number of carbonyl (C=O) groups is 3. The molecule has 0 saturated heterocycles. The first-order valence-electron chi connectivity index (χ1n) is 27.4. The molecule has 0 aliphatic carbocycles. The van der Waals surface area contributed by atoms with Gasteiger partial charge in [-0.2, -0.15) is 0 Å². The summed E-state index contributed by atoms with van der Waals surface area (Å²) in [4.78, 5) is 38.0. The highest BCUT2D eigenvalue weighted by Gasteiger charge is 2.19. The van der Waals surface area contributed by atoms with Crippen LogP contribution in [0, 0.1) is 0 Å². The maximum atomic E-state index is 12.8. The molecule has 1 atom stereocenters. The van der Waals surface area contributed by atoms with Crippen molar-refractivity contribution >= 4 is 17.9 Å². The van der Waals surface area contributed by atoms with Crippen molar-refractivity contribution in [1.82, 2.24) is 0 Å². The van der Waals surface area contributed by atoms with Crippen LogP contribution in [0.2, 0.25) is 0 Å². The lowest BCUT2D eigenvalue weighted by Crippen LogP contribution is -2.30. The van der Waals surface area contributed by atoms with Crippen molar-refractivity contribution in [3.05, 3.63) is 72.9 Å². The Bertz CT molecular complexity index is 1230. The van der Waals surface area contributed by atoms with E-state index in [9.17, 15) is 14.4 Å². The van der Waals surface area contributed by atoms with Crippen LogP contribution in [-0.2, 0) is 28.6 Å². The van der Waals surface area contributed by atoms with Crippen molar-refractivity contribution in [1.29, 1.82) is 0 Å². The summed E-state index contributed by atoms with van der Waals surface area (Å²) in [7, 11) is 0. The van der Waals surface area contributed by atoms with E-state index in [-0.39, 0.29) is 31.1 Å². The van der Waals surface area contributed by atoms with Crippen LogP contribution in [0.3, 0.4) is 0 Å². The lowest BCUT2D eigenvalue weighted by Gasteiger charge is -2.18. The summed E-state index contributed by atoms with van der Waals surface area (Å²) in [6, 6.07) is 0. The first-order chi connectivity index (χ1) is 32.0. The van der Waals surface area contributed by atoms with E-state index in [1.807, 2.05) is 0 Å². The summed E-state index contributed by atoms with van der Waals surface area (Å²) in [5.74, 6) is -0.938.